The summed E-state index contributed by atoms with van der Waals surface area (Å²) >= 11 is 0. The molecule has 1 aliphatic heterocycles. The van der Waals surface area contributed by atoms with Crippen LogP contribution in [0.25, 0.3) is 0 Å². The van der Waals surface area contributed by atoms with Crippen molar-refractivity contribution in [3.8, 4) is 0 Å². The second kappa shape index (κ2) is 5.96. The Morgan fingerprint density at radius 1 is 1.44 bits per heavy atom. The minimum Gasteiger partial charge on any atom is -0.296 e. The summed E-state index contributed by atoms with van der Waals surface area (Å²) in [6.45, 7) is 4.16. The fourth-order valence-electron chi connectivity index (χ4n) is 2.73. The maximum absolute atomic E-state index is 10.8. The number of benzene rings is 1. The van der Waals surface area contributed by atoms with Crippen LogP contribution in [-0.4, -0.2) is 22.4 Å². The molecule has 0 radical (unpaired) electrons. The summed E-state index contributed by atoms with van der Waals surface area (Å²) in [6.07, 6.45) is 4.97. The highest BCUT2D eigenvalue weighted by atomic mass is 16.6. The second-order valence-corrected chi connectivity index (χ2v) is 4.96. The zero-order chi connectivity index (χ0) is 13.0. The van der Waals surface area contributed by atoms with Gasteiger partial charge in [0.05, 0.1) is 4.92 Å². The Morgan fingerprint density at radius 2 is 2.28 bits per heavy atom. The van der Waals surface area contributed by atoms with E-state index in [4.69, 9.17) is 0 Å². The fourth-order valence-corrected chi connectivity index (χ4v) is 2.73. The predicted molar refractivity (Wildman–Crippen MR) is 71.4 cm³/mol. The van der Waals surface area contributed by atoms with Gasteiger partial charge in [0.25, 0.3) is 5.69 Å². The van der Waals surface area contributed by atoms with Crippen LogP contribution in [0.3, 0.4) is 0 Å². The van der Waals surface area contributed by atoms with Gasteiger partial charge in [-0.2, -0.15) is 0 Å². The van der Waals surface area contributed by atoms with Crippen molar-refractivity contribution in [1.82, 2.24) is 4.90 Å². The number of non-ortho nitro benzene ring substituents is 1. The first-order valence-electron chi connectivity index (χ1n) is 6.68. The van der Waals surface area contributed by atoms with Gasteiger partial charge in [-0.05, 0) is 31.4 Å². The minimum absolute atomic E-state index is 0.192. The fraction of sp³-hybridized carbons (Fsp3) is 0.571. The van der Waals surface area contributed by atoms with Crippen molar-refractivity contribution in [2.75, 3.05) is 6.54 Å². The molecule has 1 aromatic rings. The molecule has 0 N–H and O–H groups in total. The third kappa shape index (κ3) is 3.07. The van der Waals surface area contributed by atoms with E-state index < -0.39 is 0 Å². The van der Waals surface area contributed by atoms with Gasteiger partial charge in [-0.25, -0.2) is 0 Å². The molecule has 1 aromatic carbocycles. The van der Waals surface area contributed by atoms with Crippen LogP contribution in [-0.2, 0) is 6.54 Å². The van der Waals surface area contributed by atoms with Crippen LogP contribution in [0.5, 0.6) is 0 Å². The van der Waals surface area contributed by atoms with Crippen LogP contribution in [0.4, 0.5) is 5.69 Å². The number of hydrogen-bond acceptors (Lipinski definition) is 3. The van der Waals surface area contributed by atoms with Crippen molar-refractivity contribution in [3.63, 3.8) is 0 Å². The van der Waals surface area contributed by atoms with Crippen molar-refractivity contribution in [1.29, 1.82) is 0 Å². The molecule has 2 rings (SSSR count). The summed E-state index contributed by atoms with van der Waals surface area (Å²) in [5, 5.41) is 10.8. The molecule has 0 saturated carbocycles. The lowest BCUT2D eigenvalue weighted by Crippen LogP contribution is -2.38. The molecule has 1 unspecified atom stereocenters. The maximum atomic E-state index is 10.8. The number of likely N-dealkylation sites (tertiary alicyclic amines) is 1. The van der Waals surface area contributed by atoms with E-state index in [0.717, 1.165) is 25.1 Å². The van der Waals surface area contributed by atoms with Gasteiger partial charge in [0, 0.05) is 24.7 Å². The zero-order valence-corrected chi connectivity index (χ0v) is 10.8. The van der Waals surface area contributed by atoms with Crippen molar-refractivity contribution in [2.45, 2.75) is 45.2 Å². The number of piperidine rings is 1. The van der Waals surface area contributed by atoms with Crippen LogP contribution in [0, 0.1) is 10.1 Å². The van der Waals surface area contributed by atoms with E-state index in [1.165, 1.54) is 19.3 Å². The average Bonchev–Trinajstić information content (AvgIpc) is 2.39. The van der Waals surface area contributed by atoms with E-state index in [0.29, 0.717) is 6.04 Å². The van der Waals surface area contributed by atoms with Gasteiger partial charge in [-0.15, -0.1) is 0 Å². The number of rotatable bonds is 4. The van der Waals surface area contributed by atoms with Crippen molar-refractivity contribution >= 4 is 5.69 Å². The first kappa shape index (κ1) is 13.0. The Kier molecular flexibility index (Phi) is 4.31. The van der Waals surface area contributed by atoms with Crippen molar-refractivity contribution in [2.24, 2.45) is 0 Å². The monoisotopic (exact) mass is 248 g/mol. The molecule has 1 fully saturated rings. The highest BCUT2D eigenvalue weighted by Gasteiger charge is 2.21. The Morgan fingerprint density at radius 3 is 3.00 bits per heavy atom. The molecule has 18 heavy (non-hydrogen) atoms. The van der Waals surface area contributed by atoms with E-state index in [-0.39, 0.29) is 10.6 Å². The van der Waals surface area contributed by atoms with Gasteiger partial charge < -0.3 is 0 Å². The lowest BCUT2D eigenvalue weighted by molar-refractivity contribution is -0.384. The predicted octanol–water partition coefficient (Wildman–Crippen LogP) is 3.36. The molecular weight excluding hydrogens is 228 g/mol. The largest absolute Gasteiger partial charge is 0.296 e. The second-order valence-electron chi connectivity index (χ2n) is 4.96. The molecule has 0 amide bonds. The summed E-state index contributed by atoms with van der Waals surface area (Å²) in [5.41, 5.74) is 1.24. The number of nitro groups is 1. The quantitative estimate of drug-likeness (QED) is 0.606. The van der Waals surface area contributed by atoms with Gasteiger partial charge in [-0.1, -0.05) is 25.5 Å². The normalized spacial score (nSPS) is 20.8. The van der Waals surface area contributed by atoms with E-state index in [9.17, 15) is 10.1 Å². The number of nitro benzene ring substituents is 1. The molecule has 1 saturated heterocycles. The SMILES string of the molecule is CCC1CCCCN1Cc1cccc([N+](=O)[O-])c1. The molecule has 1 heterocycles. The van der Waals surface area contributed by atoms with E-state index in [2.05, 4.69) is 11.8 Å². The lowest BCUT2D eigenvalue weighted by atomic mass is 9.99. The molecule has 4 nitrogen and oxygen atoms in total. The molecule has 0 spiro atoms. The lowest BCUT2D eigenvalue weighted by Gasteiger charge is -2.35. The zero-order valence-electron chi connectivity index (χ0n) is 10.8. The summed E-state index contributed by atoms with van der Waals surface area (Å²) in [7, 11) is 0. The Labute approximate surface area is 108 Å². The highest BCUT2D eigenvalue weighted by Crippen LogP contribution is 2.23. The van der Waals surface area contributed by atoms with Gasteiger partial charge in [0.15, 0.2) is 0 Å². The van der Waals surface area contributed by atoms with E-state index >= 15 is 0 Å². The van der Waals surface area contributed by atoms with Gasteiger partial charge >= 0.3 is 0 Å². The molecule has 1 atom stereocenters. The van der Waals surface area contributed by atoms with Gasteiger partial charge in [0.2, 0.25) is 0 Å². The minimum atomic E-state index is -0.322. The molecule has 0 aliphatic carbocycles. The Hall–Kier alpha value is -1.42. The molecular formula is C14H20N2O2. The van der Waals surface area contributed by atoms with E-state index in [1.54, 1.807) is 18.2 Å². The molecule has 1 aliphatic rings. The molecule has 0 bridgehead atoms. The van der Waals surface area contributed by atoms with Gasteiger partial charge in [0.1, 0.15) is 0 Å². The Balaban J connectivity index is 2.07. The van der Waals surface area contributed by atoms with Crippen molar-refractivity contribution in [3.05, 3.63) is 39.9 Å². The first-order valence-corrected chi connectivity index (χ1v) is 6.68. The van der Waals surface area contributed by atoms with Crippen LogP contribution in [0.1, 0.15) is 38.2 Å². The average molecular weight is 248 g/mol. The van der Waals surface area contributed by atoms with Crippen LogP contribution < -0.4 is 0 Å². The van der Waals surface area contributed by atoms with Gasteiger partial charge in [-0.3, -0.25) is 15.0 Å². The van der Waals surface area contributed by atoms with E-state index in [1.807, 2.05) is 6.07 Å². The number of hydrogen-bond donors (Lipinski definition) is 0. The maximum Gasteiger partial charge on any atom is 0.269 e. The topological polar surface area (TPSA) is 46.4 Å². The number of nitrogens with zero attached hydrogens (tertiary/aromatic N) is 2. The Bertz CT molecular complexity index is 420. The van der Waals surface area contributed by atoms with Crippen LogP contribution >= 0.6 is 0 Å². The molecule has 4 heteroatoms. The first-order chi connectivity index (χ1) is 8.70. The third-order valence-corrected chi connectivity index (χ3v) is 3.73. The molecule has 0 aromatic heterocycles. The van der Waals surface area contributed by atoms with Crippen LogP contribution in [0.2, 0.25) is 0 Å². The summed E-state index contributed by atoms with van der Waals surface area (Å²) in [5.74, 6) is 0. The summed E-state index contributed by atoms with van der Waals surface area (Å²) in [6, 6.07) is 7.64. The summed E-state index contributed by atoms with van der Waals surface area (Å²) < 4.78 is 0. The third-order valence-electron chi connectivity index (χ3n) is 3.73. The smallest absolute Gasteiger partial charge is 0.269 e. The van der Waals surface area contributed by atoms with Crippen molar-refractivity contribution < 1.29 is 4.92 Å². The summed E-state index contributed by atoms with van der Waals surface area (Å²) in [4.78, 5) is 12.9. The standard InChI is InChI=1S/C14H20N2O2/c1-2-13-7-3-4-9-15(13)11-12-6-5-8-14(10-12)16(17)18/h5-6,8,10,13H,2-4,7,9,11H2,1H3. The van der Waals surface area contributed by atoms with Crippen LogP contribution in [0.15, 0.2) is 24.3 Å². The highest BCUT2D eigenvalue weighted by molar-refractivity contribution is 5.34. The molecule has 98 valence electrons.